The highest BCUT2D eigenvalue weighted by Gasteiger charge is 2.25. The summed E-state index contributed by atoms with van der Waals surface area (Å²) in [6.45, 7) is 4.63. The summed E-state index contributed by atoms with van der Waals surface area (Å²) < 4.78 is 17.2. The van der Waals surface area contributed by atoms with Gasteiger partial charge in [-0.1, -0.05) is 141 Å². The van der Waals surface area contributed by atoms with Gasteiger partial charge in [-0.25, -0.2) is 0 Å². The number of aliphatic carboxylic acids is 1. The highest BCUT2D eigenvalue weighted by atomic mass is 16.6. The highest BCUT2D eigenvalue weighted by molar-refractivity contribution is 5.70. The second kappa shape index (κ2) is 37.7. The van der Waals surface area contributed by atoms with Gasteiger partial charge in [0.2, 0.25) is 0 Å². The maximum atomic E-state index is 12.7. The maximum Gasteiger partial charge on any atom is 0.306 e. The lowest BCUT2D eigenvalue weighted by molar-refractivity contribution is -0.889. The molecule has 0 fully saturated rings. The summed E-state index contributed by atoms with van der Waals surface area (Å²) in [5, 5.41) is 11.6. The van der Waals surface area contributed by atoms with Crippen LogP contribution in [0.15, 0.2) is 24.3 Å². The third kappa shape index (κ3) is 35.5. The van der Waals surface area contributed by atoms with Crippen LogP contribution in [-0.4, -0.2) is 75.5 Å². The first-order valence-electron chi connectivity index (χ1n) is 22.4. The van der Waals surface area contributed by atoms with Crippen LogP contribution < -0.4 is 5.11 Å². The van der Waals surface area contributed by atoms with E-state index >= 15 is 0 Å². The van der Waals surface area contributed by atoms with Crippen LogP contribution in [0.3, 0.4) is 0 Å². The van der Waals surface area contributed by atoms with Crippen molar-refractivity contribution in [3.63, 3.8) is 0 Å². The molecule has 0 saturated carbocycles. The number of ether oxygens (including phenoxy) is 3. The van der Waals surface area contributed by atoms with E-state index in [0.717, 1.165) is 51.4 Å². The molecule has 2 atom stereocenters. The SMILES string of the molecule is CCCCC/C=C\CCCCCCCC(=O)OCC(COCCC(C(=O)[O-])[N+](C)(C)C)OC(=O)CCCCCCCCC/C=C\CCCCCCCCC. The van der Waals surface area contributed by atoms with Crippen LogP contribution in [-0.2, 0) is 28.6 Å². The van der Waals surface area contributed by atoms with E-state index < -0.39 is 18.1 Å². The van der Waals surface area contributed by atoms with Crippen LogP contribution in [0.2, 0.25) is 0 Å². The molecule has 0 rings (SSSR count). The predicted molar refractivity (Wildman–Crippen MR) is 222 cm³/mol. The van der Waals surface area contributed by atoms with Crippen LogP contribution >= 0.6 is 0 Å². The van der Waals surface area contributed by atoms with Crippen molar-refractivity contribution in [1.29, 1.82) is 0 Å². The van der Waals surface area contributed by atoms with Crippen LogP contribution in [0.1, 0.15) is 200 Å². The lowest BCUT2D eigenvalue weighted by Crippen LogP contribution is -2.55. The molecule has 8 nitrogen and oxygen atoms in total. The molecular formula is C46H85NO7. The minimum atomic E-state index is -1.13. The summed E-state index contributed by atoms with van der Waals surface area (Å²) in [6, 6.07) is -0.725. The first-order valence-corrected chi connectivity index (χ1v) is 22.4. The molecular weight excluding hydrogens is 679 g/mol. The molecule has 8 heteroatoms. The fraction of sp³-hybridized carbons (Fsp3) is 0.848. The van der Waals surface area contributed by atoms with Crippen molar-refractivity contribution in [2.24, 2.45) is 0 Å². The van der Waals surface area contributed by atoms with Gasteiger partial charge in [-0.2, -0.15) is 0 Å². The van der Waals surface area contributed by atoms with E-state index in [1.54, 1.807) is 21.1 Å². The van der Waals surface area contributed by atoms with Crippen molar-refractivity contribution >= 4 is 17.9 Å². The van der Waals surface area contributed by atoms with Crippen LogP contribution in [0.4, 0.5) is 0 Å². The Morgan fingerprint density at radius 3 is 1.37 bits per heavy atom. The standard InChI is InChI=1S/C46H85NO7/c1-6-8-10-12-14-16-18-20-21-22-23-24-25-27-29-31-33-35-37-45(49)54-42(40-52-39-38-43(46(50)51)47(3,4)5)41-53-44(48)36-34-32-30-28-26-19-17-15-13-11-9-7-2/h15,17,21-22,42-43H,6-14,16,18-20,23-41H2,1-5H3/b17-15-,22-21-. The number of likely N-dealkylation sites (N-methyl/N-ethyl adjacent to an activating group) is 1. The van der Waals surface area contributed by atoms with Crippen molar-refractivity contribution in [3.05, 3.63) is 24.3 Å². The molecule has 2 unspecified atom stereocenters. The monoisotopic (exact) mass is 764 g/mol. The van der Waals surface area contributed by atoms with E-state index in [1.807, 2.05) is 0 Å². The number of nitrogens with zero attached hydrogens (tertiary/aromatic N) is 1. The van der Waals surface area contributed by atoms with Crippen molar-refractivity contribution in [1.82, 2.24) is 0 Å². The van der Waals surface area contributed by atoms with Gasteiger partial charge in [0.15, 0.2) is 6.10 Å². The summed E-state index contributed by atoms with van der Waals surface area (Å²) >= 11 is 0. The summed E-state index contributed by atoms with van der Waals surface area (Å²) in [7, 11) is 5.40. The molecule has 0 aromatic rings. The van der Waals surface area contributed by atoms with Crippen molar-refractivity contribution in [2.75, 3.05) is 41.0 Å². The number of hydrogen-bond acceptors (Lipinski definition) is 7. The number of carboxylic acids is 1. The van der Waals surface area contributed by atoms with Gasteiger partial charge in [-0.05, 0) is 64.2 Å². The Labute approximate surface area is 332 Å². The summed E-state index contributed by atoms with van der Waals surface area (Å²) in [5.74, 6) is -1.75. The van der Waals surface area contributed by atoms with E-state index in [-0.39, 0.29) is 42.7 Å². The van der Waals surface area contributed by atoms with Crippen molar-refractivity contribution in [3.8, 4) is 0 Å². The molecule has 0 amide bonds. The lowest BCUT2D eigenvalue weighted by atomic mass is 10.1. The Bertz CT molecular complexity index is 942. The molecule has 0 N–H and O–H groups in total. The summed E-state index contributed by atoms with van der Waals surface area (Å²) in [4.78, 5) is 36.8. The van der Waals surface area contributed by atoms with Gasteiger partial charge in [0.1, 0.15) is 12.6 Å². The smallest absolute Gasteiger partial charge is 0.306 e. The number of carbonyl (C=O) groups is 3. The Balaban J connectivity index is 4.32. The van der Waals surface area contributed by atoms with E-state index in [1.165, 1.54) is 116 Å². The van der Waals surface area contributed by atoms with Crippen molar-refractivity contribution in [2.45, 2.75) is 212 Å². The number of rotatable bonds is 40. The Morgan fingerprint density at radius 1 is 0.537 bits per heavy atom. The second-order valence-corrected chi connectivity index (χ2v) is 16.3. The molecule has 316 valence electrons. The molecule has 0 aliphatic carbocycles. The molecule has 0 aromatic carbocycles. The fourth-order valence-corrected chi connectivity index (χ4v) is 6.53. The molecule has 0 radical (unpaired) electrons. The Kier molecular flexibility index (Phi) is 36.2. The van der Waals surface area contributed by atoms with Gasteiger partial charge in [-0.15, -0.1) is 0 Å². The van der Waals surface area contributed by atoms with E-state index in [9.17, 15) is 19.5 Å². The normalized spacial score (nSPS) is 13.1. The van der Waals surface area contributed by atoms with Crippen molar-refractivity contribution < 1.29 is 38.2 Å². The van der Waals surface area contributed by atoms with Gasteiger partial charge in [0.25, 0.3) is 0 Å². The molecule has 0 heterocycles. The van der Waals surface area contributed by atoms with E-state index in [0.29, 0.717) is 12.8 Å². The molecule has 0 saturated heterocycles. The van der Waals surface area contributed by atoms with Gasteiger partial charge in [0.05, 0.1) is 40.3 Å². The number of carboxylic acid groups (broad SMARTS) is 1. The first-order chi connectivity index (χ1) is 26.1. The lowest BCUT2D eigenvalue weighted by Gasteiger charge is -2.34. The zero-order valence-electron chi connectivity index (χ0n) is 35.9. The number of unbranched alkanes of at least 4 members (excludes halogenated alkanes) is 22. The molecule has 54 heavy (non-hydrogen) atoms. The zero-order valence-corrected chi connectivity index (χ0v) is 35.9. The quantitative estimate of drug-likeness (QED) is 0.0265. The largest absolute Gasteiger partial charge is 0.544 e. The number of esters is 2. The fourth-order valence-electron chi connectivity index (χ4n) is 6.53. The summed E-state index contributed by atoms with van der Waals surface area (Å²) in [5.41, 5.74) is 0. The second-order valence-electron chi connectivity index (χ2n) is 16.3. The van der Waals surface area contributed by atoms with Gasteiger partial charge in [-0.3, -0.25) is 9.59 Å². The topological polar surface area (TPSA) is 102 Å². The minimum Gasteiger partial charge on any atom is -0.544 e. The first kappa shape index (κ1) is 51.8. The van der Waals surface area contributed by atoms with E-state index in [2.05, 4.69) is 38.2 Å². The molecule has 0 spiro atoms. The number of carbonyl (C=O) groups excluding carboxylic acids is 3. The molecule has 0 bridgehead atoms. The van der Waals surface area contributed by atoms with Crippen LogP contribution in [0.5, 0.6) is 0 Å². The average Bonchev–Trinajstić information content (AvgIpc) is 3.12. The third-order valence-electron chi connectivity index (χ3n) is 10.1. The third-order valence-corrected chi connectivity index (χ3v) is 10.1. The molecule has 0 aliphatic heterocycles. The summed E-state index contributed by atoms with van der Waals surface area (Å²) in [6.07, 6.45) is 40.5. The number of quaternary nitrogens is 1. The number of hydrogen-bond donors (Lipinski definition) is 0. The highest BCUT2D eigenvalue weighted by Crippen LogP contribution is 2.14. The Morgan fingerprint density at radius 2 is 0.926 bits per heavy atom. The zero-order chi connectivity index (χ0) is 40.0. The van der Waals surface area contributed by atoms with Crippen LogP contribution in [0.25, 0.3) is 0 Å². The van der Waals surface area contributed by atoms with Gasteiger partial charge < -0.3 is 28.6 Å². The minimum absolute atomic E-state index is 0.0390. The molecule has 0 aliphatic rings. The molecule has 0 aromatic heterocycles. The van der Waals surface area contributed by atoms with Crippen LogP contribution in [0, 0.1) is 0 Å². The maximum absolute atomic E-state index is 12.7. The predicted octanol–water partition coefficient (Wildman–Crippen LogP) is 10.7. The van der Waals surface area contributed by atoms with E-state index in [4.69, 9.17) is 14.2 Å². The average molecular weight is 764 g/mol. The number of allylic oxidation sites excluding steroid dienone is 4. The van der Waals surface area contributed by atoms with Gasteiger partial charge in [0, 0.05) is 19.3 Å². The van der Waals surface area contributed by atoms with Gasteiger partial charge >= 0.3 is 11.9 Å². The Hall–Kier alpha value is -2.19.